The molecule has 0 N–H and O–H groups in total. The van der Waals surface area contributed by atoms with Gasteiger partial charge in [-0.1, -0.05) is 25.1 Å². The third-order valence-corrected chi connectivity index (χ3v) is 7.44. The fourth-order valence-electron chi connectivity index (χ4n) is 6.34. The average Bonchev–Trinajstić information content (AvgIpc) is 3.13. The lowest BCUT2D eigenvalue weighted by atomic mass is 9.65. The number of hydrogen-bond acceptors (Lipinski definition) is 7. The van der Waals surface area contributed by atoms with Crippen molar-refractivity contribution in [1.29, 1.82) is 0 Å². The summed E-state index contributed by atoms with van der Waals surface area (Å²) in [6, 6.07) is 8.97. The molecule has 0 radical (unpaired) electrons. The van der Waals surface area contributed by atoms with E-state index in [1.807, 2.05) is 6.07 Å². The average molecular weight is 413 g/mol. The number of carbonyl (C=O) groups excluding carboxylic acids is 1. The summed E-state index contributed by atoms with van der Waals surface area (Å²) in [5.74, 6) is 0.0518. The molecule has 0 aliphatic carbocycles. The highest BCUT2D eigenvalue weighted by Gasteiger charge is 2.60. The molecule has 1 aromatic rings. The maximum absolute atomic E-state index is 13.2. The number of rotatable bonds is 6. The predicted molar refractivity (Wildman–Crippen MR) is 109 cm³/mol. The summed E-state index contributed by atoms with van der Waals surface area (Å²) in [5, 5.41) is 9.50. The van der Waals surface area contributed by atoms with Gasteiger partial charge < -0.3 is 14.5 Å². The van der Waals surface area contributed by atoms with E-state index in [0.717, 1.165) is 44.5 Å². The first-order valence-electron chi connectivity index (χ1n) is 10.8. The van der Waals surface area contributed by atoms with E-state index in [9.17, 15) is 14.9 Å². The molecule has 0 aromatic heterocycles. The molecule has 2 saturated heterocycles. The molecule has 0 amide bonds. The molecule has 5 rings (SSSR count). The van der Waals surface area contributed by atoms with Crippen molar-refractivity contribution in [2.75, 3.05) is 31.2 Å². The van der Waals surface area contributed by atoms with Crippen LogP contribution in [-0.4, -0.2) is 54.3 Å². The molecule has 2 fully saturated rings. The van der Waals surface area contributed by atoms with E-state index in [2.05, 4.69) is 45.8 Å². The summed E-state index contributed by atoms with van der Waals surface area (Å²) in [7, 11) is 0. The molecule has 4 aliphatic heterocycles. The SMILES string of the molecule is CC[C@@]12C=C(C(=O)OCCO[N+](=O)[O-])N3c4ccccc4CC4CN(CCC1)[C@@H]2C43. The van der Waals surface area contributed by atoms with Gasteiger partial charge in [-0.05, 0) is 55.9 Å². The lowest BCUT2D eigenvalue weighted by Gasteiger charge is -2.55. The van der Waals surface area contributed by atoms with Crippen LogP contribution < -0.4 is 4.90 Å². The normalized spacial score (nSPS) is 31.4. The Labute approximate surface area is 175 Å². The molecule has 4 aliphatic rings. The Hall–Kier alpha value is -2.61. The number of carbonyl (C=O) groups is 1. The van der Waals surface area contributed by atoms with E-state index in [4.69, 9.17) is 4.74 Å². The van der Waals surface area contributed by atoms with E-state index in [1.54, 1.807) is 0 Å². The fourth-order valence-corrected chi connectivity index (χ4v) is 6.34. The highest BCUT2D eigenvalue weighted by atomic mass is 17.0. The van der Waals surface area contributed by atoms with Crippen molar-refractivity contribution >= 4 is 11.7 Å². The first kappa shape index (κ1) is 19.4. The second kappa shape index (κ2) is 7.27. The van der Waals surface area contributed by atoms with Crippen molar-refractivity contribution in [3.05, 3.63) is 51.7 Å². The van der Waals surface area contributed by atoms with Gasteiger partial charge in [0.1, 0.15) is 18.9 Å². The van der Waals surface area contributed by atoms with Crippen LogP contribution in [0.5, 0.6) is 0 Å². The summed E-state index contributed by atoms with van der Waals surface area (Å²) in [6.45, 7) is 4.00. The Morgan fingerprint density at radius 1 is 1.33 bits per heavy atom. The number of piperidine rings is 1. The Morgan fingerprint density at radius 3 is 2.97 bits per heavy atom. The standard InChI is InChI=1S/C22H27N3O5/c1-2-22-8-5-9-23-14-16-12-15-6-3-4-7-17(15)24(19(16)20(22)23)18(13-22)21(26)29-10-11-30-25(27)28/h3-4,6-7,13,16,19-20H,2,5,8-12,14H2,1H3/t16?,19?,20-,22+/m1/s1. The molecule has 30 heavy (non-hydrogen) atoms. The van der Waals surface area contributed by atoms with Gasteiger partial charge in [-0.3, -0.25) is 4.90 Å². The van der Waals surface area contributed by atoms with Gasteiger partial charge in [0.2, 0.25) is 0 Å². The van der Waals surface area contributed by atoms with Gasteiger partial charge in [0, 0.05) is 23.7 Å². The maximum atomic E-state index is 13.2. The largest absolute Gasteiger partial charge is 0.459 e. The molecular weight excluding hydrogens is 386 g/mol. The molecule has 8 heteroatoms. The van der Waals surface area contributed by atoms with E-state index < -0.39 is 11.1 Å². The van der Waals surface area contributed by atoms with Crippen molar-refractivity contribution in [3.8, 4) is 0 Å². The summed E-state index contributed by atoms with van der Waals surface area (Å²) in [5.41, 5.74) is 2.89. The highest BCUT2D eigenvalue weighted by molar-refractivity contribution is 5.94. The van der Waals surface area contributed by atoms with Crippen LogP contribution in [0.1, 0.15) is 31.7 Å². The van der Waals surface area contributed by atoms with Gasteiger partial charge in [0.15, 0.2) is 0 Å². The molecule has 8 nitrogen and oxygen atoms in total. The number of para-hydroxylation sites is 1. The molecule has 0 saturated carbocycles. The van der Waals surface area contributed by atoms with E-state index in [0.29, 0.717) is 17.7 Å². The van der Waals surface area contributed by atoms with Crippen LogP contribution in [0.25, 0.3) is 0 Å². The molecule has 0 bridgehead atoms. The molecular formula is C22H27N3O5. The van der Waals surface area contributed by atoms with Crippen LogP contribution in [0.2, 0.25) is 0 Å². The lowest BCUT2D eigenvalue weighted by molar-refractivity contribution is -0.757. The van der Waals surface area contributed by atoms with Crippen LogP contribution in [0.4, 0.5) is 5.69 Å². The van der Waals surface area contributed by atoms with E-state index in [1.165, 1.54) is 5.56 Å². The first-order valence-corrected chi connectivity index (χ1v) is 10.8. The Kier molecular flexibility index (Phi) is 4.69. The van der Waals surface area contributed by atoms with Crippen LogP contribution in [0.15, 0.2) is 36.0 Å². The zero-order chi connectivity index (χ0) is 20.9. The van der Waals surface area contributed by atoms with Gasteiger partial charge in [0.25, 0.3) is 5.09 Å². The van der Waals surface area contributed by atoms with Crippen molar-refractivity contribution in [2.24, 2.45) is 11.3 Å². The second-order valence-electron chi connectivity index (χ2n) is 8.81. The molecule has 1 aromatic carbocycles. The number of fused-ring (bicyclic) bond motifs is 2. The number of benzene rings is 1. The van der Waals surface area contributed by atoms with E-state index in [-0.39, 0.29) is 24.7 Å². The van der Waals surface area contributed by atoms with Gasteiger partial charge in [0.05, 0.1) is 6.04 Å². The van der Waals surface area contributed by atoms with E-state index >= 15 is 0 Å². The quantitative estimate of drug-likeness (QED) is 0.307. The Bertz CT molecular complexity index is 903. The summed E-state index contributed by atoms with van der Waals surface area (Å²) < 4.78 is 5.42. The van der Waals surface area contributed by atoms with Crippen molar-refractivity contribution < 1.29 is 19.5 Å². The molecule has 160 valence electrons. The monoisotopic (exact) mass is 413 g/mol. The van der Waals surface area contributed by atoms with Crippen molar-refractivity contribution in [3.63, 3.8) is 0 Å². The van der Waals surface area contributed by atoms with Gasteiger partial charge >= 0.3 is 5.97 Å². The summed E-state index contributed by atoms with van der Waals surface area (Å²) >= 11 is 0. The van der Waals surface area contributed by atoms with Gasteiger partial charge in [-0.15, -0.1) is 10.1 Å². The Balaban J connectivity index is 1.54. The number of anilines is 1. The number of esters is 1. The zero-order valence-electron chi connectivity index (χ0n) is 17.2. The minimum absolute atomic E-state index is 0.0356. The number of ether oxygens (including phenoxy) is 1. The topological polar surface area (TPSA) is 85.1 Å². The molecule has 4 atom stereocenters. The third-order valence-electron chi connectivity index (χ3n) is 7.44. The summed E-state index contributed by atoms with van der Waals surface area (Å²) in [4.78, 5) is 32.7. The van der Waals surface area contributed by atoms with Gasteiger partial charge in [-0.25, -0.2) is 4.79 Å². The zero-order valence-corrected chi connectivity index (χ0v) is 17.2. The molecule has 2 unspecified atom stereocenters. The smallest absolute Gasteiger partial charge is 0.354 e. The fraction of sp³-hybridized carbons (Fsp3) is 0.591. The molecule has 0 spiro atoms. The van der Waals surface area contributed by atoms with Crippen LogP contribution in [0, 0.1) is 21.4 Å². The van der Waals surface area contributed by atoms with Crippen molar-refractivity contribution in [2.45, 2.75) is 44.7 Å². The predicted octanol–water partition coefficient (Wildman–Crippen LogP) is 2.56. The number of hydrogen-bond donors (Lipinski definition) is 0. The van der Waals surface area contributed by atoms with Gasteiger partial charge in [-0.2, -0.15) is 0 Å². The molecule has 4 heterocycles. The minimum atomic E-state index is -0.870. The summed E-state index contributed by atoms with van der Waals surface area (Å²) in [6.07, 6.45) is 6.37. The van der Waals surface area contributed by atoms with Crippen molar-refractivity contribution in [1.82, 2.24) is 4.90 Å². The highest BCUT2D eigenvalue weighted by Crippen LogP contribution is 2.55. The van der Waals surface area contributed by atoms with Crippen LogP contribution in [-0.2, 0) is 20.8 Å². The lowest BCUT2D eigenvalue weighted by Crippen LogP contribution is -2.62. The second-order valence-corrected chi connectivity index (χ2v) is 8.81. The minimum Gasteiger partial charge on any atom is -0.459 e. The maximum Gasteiger partial charge on any atom is 0.354 e. The number of nitrogens with zero attached hydrogens (tertiary/aromatic N) is 3. The van der Waals surface area contributed by atoms with Crippen LogP contribution in [0.3, 0.4) is 0 Å². The van der Waals surface area contributed by atoms with Crippen LogP contribution >= 0.6 is 0 Å². The Morgan fingerprint density at radius 2 is 2.17 bits per heavy atom. The third kappa shape index (κ3) is 2.88. The first-order chi connectivity index (χ1) is 14.5.